The van der Waals surface area contributed by atoms with Crippen molar-refractivity contribution >= 4 is 14.2 Å². The van der Waals surface area contributed by atoms with Gasteiger partial charge in [0.15, 0.2) is 0 Å². The van der Waals surface area contributed by atoms with E-state index in [2.05, 4.69) is 5.32 Å². The van der Waals surface area contributed by atoms with Crippen molar-refractivity contribution < 1.29 is 32.8 Å². The SMILES string of the molecule is CCCOP(=O)(O)OCC(COCCC(C)OC)NC=O. The third-order valence-electron chi connectivity index (χ3n) is 2.59. The van der Waals surface area contributed by atoms with E-state index < -0.39 is 13.9 Å². The lowest BCUT2D eigenvalue weighted by molar-refractivity contribution is -0.111. The average Bonchev–Trinajstić information content (AvgIpc) is 2.46. The molecule has 0 aromatic rings. The van der Waals surface area contributed by atoms with Crippen molar-refractivity contribution in [1.82, 2.24) is 5.32 Å². The summed E-state index contributed by atoms with van der Waals surface area (Å²) in [7, 11) is -2.46. The quantitative estimate of drug-likeness (QED) is 0.279. The second-order valence-electron chi connectivity index (χ2n) is 4.49. The van der Waals surface area contributed by atoms with Crippen LogP contribution in [0, 0.1) is 0 Å². The van der Waals surface area contributed by atoms with Gasteiger partial charge < -0.3 is 19.7 Å². The molecule has 126 valence electrons. The van der Waals surface area contributed by atoms with Crippen LogP contribution < -0.4 is 5.32 Å². The van der Waals surface area contributed by atoms with Gasteiger partial charge in [0.1, 0.15) is 0 Å². The molecule has 0 saturated carbocycles. The molecule has 8 nitrogen and oxygen atoms in total. The van der Waals surface area contributed by atoms with Crippen molar-refractivity contribution in [3.63, 3.8) is 0 Å². The van der Waals surface area contributed by atoms with Crippen LogP contribution in [-0.4, -0.2) is 57.0 Å². The van der Waals surface area contributed by atoms with Gasteiger partial charge in [0.2, 0.25) is 6.41 Å². The highest BCUT2D eigenvalue weighted by molar-refractivity contribution is 7.47. The number of hydrogen-bond acceptors (Lipinski definition) is 6. The summed E-state index contributed by atoms with van der Waals surface area (Å²) in [5.41, 5.74) is 0. The second-order valence-corrected chi connectivity index (χ2v) is 5.94. The van der Waals surface area contributed by atoms with E-state index in [1.165, 1.54) is 0 Å². The molecule has 0 saturated heterocycles. The maximum Gasteiger partial charge on any atom is 0.472 e. The van der Waals surface area contributed by atoms with Crippen LogP contribution >= 0.6 is 7.82 Å². The predicted octanol–water partition coefficient (Wildman–Crippen LogP) is 1.09. The molecule has 0 aliphatic rings. The Hall–Kier alpha value is -0.500. The monoisotopic (exact) mass is 327 g/mol. The molecule has 0 heterocycles. The van der Waals surface area contributed by atoms with E-state index >= 15 is 0 Å². The Morgan fingerprint density at radius 3 is 2.57 bits per heavy atom. The fourth-order valence-electron chi connectivity index (χ4n) is 1.26. The molecular weight excluding hydrogens is 301 g/mol. The van der Waals surface area contributed by atoms with Gasteiger partial charge in [-0.1, -0.05) is 6.92 Å². The van der Waals surface area contributed by atoms with Crippen molar-refractivity contribution in [2.45, 2.75) is 38.8 Å². The molecule has 0 spiro atoms. The van der Waals surface area contributed by atoms with E-state index in [1.54, 1.807) is 7.11 Å². The Morgan fingerprint density at radius 2 is 2.00 bits per heavy atom. The fourth-order valence-corrected chi connectivity index (χ4v) is 2.12. The summed E-state index contributed by atoms with van der Waals surface area (Å²) in [5.74, 6) is 0. The number of carbonyl (C=O) groups excluding carboxylic acids is 1. The lowest BCUT2D eigenvalue weighted by Crippen LogP contribution is -2.36. The van der Waals surface area contributed by atoms with Crippen molar-refractivity contribution in [3.8, 4) is 0 Å². The summed E-state index contributed by atoms with van der Waals surface area (Å²) in [5, 5.41) is 2.46. The predicted molar refractivity (Wildman–Crippen MR) is 76.9 cm³/mol. The van der Waals surface area contributed by atoms with Crippen LogP contribution in [0.2, 0.25) is 0 Å². The minimum Gasteiger partial charge on any atom is -0.382 e. The van der Waals surface area contributed by atoms with Gasteiger partial charge in [-0.15, -0.1) is 0 Å². The molecule has 0 radical (unpaired) electrons. The molecule has 0 aliphatic carbocycles. The van der Waals surface area contributed by atoms with Gasteiger partial charge in [-0.2, -0.15) is 0 Å². The Morgan fingerprint density at radius 1 is 1.29 bits per heavy atom. The highest BCUT2D eigenvalue weighted by Gasteiger charge is 2.22. The lowest BCUT2D eigenvalue weighted by Gasteiger charge is -2.19. The molecule has 0 fully saturated rings. The zero-order chi connectivity index (χ0) is 16.1. The first-order valence-electron chi connectivity index (χ1n) is 6.87. The van der Waals surface area contributed by atoms with E-state index in [4.69, 9.17) is 18.5 Å². The molecule has 9 heteroatoms. The molecule has 1 amide bonds. The molecule has 0 aromatic carbocycles. The van der Waals surface area contributed by atoms with Crippen molar-refractivity contribution in [3.05, 3.63) is 0 Å². The van der Waals surface area contributed by atoms with Crippen LogP contribution in [0.5, 0.6) is 0 Å². The van der Waals surface area contributed by atoms with Crippen molar-refractivity contribution in [2.75, 3.05) is 33.5 Å². The number of ether oxygens (including phenoxy) is 2. The number of nitrogens with one attached hydrogen (secondary N) is 1. The Balaban J connectivity index is 4.01. The summed E-state index contributed by atoms with van der Waals surface area (Å²) in [6, 6.07) is -0.522. The van der Waals surface area contributed by atoms with E-state index in [9.17, 15) is 14.3 Å². The number of hydrogen-bond donors (Lipinski definition) is 2. The summed E-state index contributed by atoms with van der Waals surface area (Å²) in [6.07, 6.45) is 1.89. The van der Waals surface area contributed by atoms with Gasteiger partial charge in [-0.3, -0.25) is 13.8 Å². The smallest absolute Gasteiger partial charge is 0.382 e. The Labute approximate surface area is 125 Å². The molecule has 3 atom stereocenters. The van der Waals surface area contributed by atoms with Crippen molar-refractivity contribution in [1.29, 1.82) is 0 Å². The van der Waals surface area contributed by atoms with Crippen molar-refractivity contribution in [2.24, 2.45) is 0 Å². The van der Waals surface area contributed by atoms with E-state index in [0.29, 0.717) is 25.9 Å². The number of rotatable bonds is 14. The third-order valence-corrected chi connectivity index (χ3v) is 3.58. The molecule has 0 bridgehead atoms. The zero-order valence-corrected chi connectivity index (χ0v) is 13.7. The normalized spacial score (nSPS) is 17.0. The molecular formula is C12H26NO7P. The van der Waals surface area contributed by atoms with E-state index in [1.807, 2.05) is 13.8 Å². The number of phosphoric acid groups is 1. The zero-order valence-electron chi connectivity index (χ0n) is 12.8. The van der Waals surface area contributed by atoms with Crippen LogP contribution in [-0.2, 0) is 27.9 Å². The average molecular weight is 327 g/mol. The van der Waals surface area contributed by atoms with Crippen LogP contribution in [0.25, 0.3) is 0 Å². The summed E-state index contributed by atoms with van der Waals surface area (Å²) in [6.45, 7) is 4.31. The summed E-state index contributed by atoms with van der Waals surface area (Å²) >= 11 is 0. The maximum absolute atomic E-state index is 11.5. The summed E-state index contributed by atoms with van der Waals surface area (Å²) in [4.78, 5) is 19.9. The first-order valence-corrected chi connectivity index (χ1v) is 8.36. The van der Waals surface area contributed by atoms with E-state index in [-0.39, 0.29) is 25.9 Å². The molecule has 0 aromatic heterocycles. The van der Waals surface area contributed by atoms with Gasteiger partial charge in [-0.05, 0) is 19.8 Å². The van der Waals surface area contributed by atoms with Crippen LogP contribution in [0.1, 0.15) is 26.7 Å². The van der Waals surface area contributed by atoms with E-state index in [0.717, 1.165) is 0 Å². The largest absolute Gasteiger partial charge is 0.472 e. The highest BCUT2D eigenvalue weighted by atomic mass is 31.2. The number of phosphoric ester groups is 1. The molecule has 0 rings (SSSR count). The van der Waals surface area contributed by atoms with Crippen LogP contribution in [0.15, 0.2) is 0 Å². The van der Waals surface area contributed by atoms with Gasteiger partial charge in [0.05, 0.1) is 32.0 Å². The fraction of sp³-hybridized carbons (Fsp3) is 0.917. The first-order chi connectivity index (χ1) is 9.95. The highest BCUT2D eigenvalue weighted by Crippen LogP contribution is 2.43. The van der Waals surface area contributed by atoms with Crippen LogP contribution in [0.4, 0.5) is 0 Å². The number of carbonyl (C=O) groups is 1. The Kier molecular flexibility index (Phi) is 11.8. The molecule has 2 N–H and O–H groups in total. The van der Waals surface area contributed by atoms with Gasteiger partial charge >= 0.3 is 7.82 Å². The Bertz CT molecular complexity index is 316. The van der Waals surface area contributed by atoms with Crippen LogP contribution in [0.3, 0.4) is 0 Å². The lowest BCUT2D eigenvalue weighted by atomic mass is 10.3. The minimum absolute atomic E-state index is 0.0823. The topological polar surface area (TPSA) is 103 Å². The standard InChI is InChI=1S/C12H26NO7P/c1-4-6-19-21(15,16)20-9-12(13-10-14)8-18-7-5-11(2)17-3/h10-12H,4-9H2,1-3H3,(H,13,14)(H,15,16). The molecule has 21 heavy (non-hydrogen) atoms. The minimum atomic E-state index is -4.08. The number of methoxy groups -OCH3 is 1. The second kappa shape index (κ2) is 12.1. The molecule has 0 aliphatic heterocycles. The van der Waals surface area contributed by atoms with Gasteiger partial charge in [0.25, 0.3) is 0 Å². The first kappa shape index (κ1) is 20.5. The summed E-state index contributed by atoms with van der Waals surface area (Å²) < 4.78 is 31.4. The number of amides is 1. The van der Waals surface area contributed by atoms with Gasteiger partial charge in [-0.25, -0.2) is 4.57 Å². The molecule has 3 unspecified atom stereocenters. The maximum atomic E-state index is 11.5. The third kappa shape index (κ3) is 11.8. The van der Waals surface area contributed by atoms with Gasteiger partial charge in [0, 0.05) is 13.7 Å².